The summed E-state index contributed by atoms with van der Waals surface area (Å²) in [4.78, 5) is 21.0. The number of nitrogen functional groups attached to an aromatic ring is 1. The van der Waals surface area contributed by atoms with E-state index in [0.717, 1.165) is 5.56 Å². The Labute approximate surface area is 126 Å². The van der Waals surface area contributed by atoms with Crippen molar-refractivity contribution in [3.8, 4) is 0 Å². The van der Waals surface area contributed by atoms with Crippen LogP contribution in [0.15, 0.2) is 35.1 Å². The largest absolute Gasteiger partial charge is 0.382 e. The Morgan fingerprint density at radius 1 is 1.24 bits per heavy atom. The Bertz CT molecular complexity index is 853. The zero-order valence-electron chi connectivity index (χ0n) is 11.5. The fourth-order valence-corrected chi connectivity index (χ4v) is 2.57. The number of thiol groups is 1. The minimum atomic E-state index is -0.272. The molecule has 6 nitrogen and oxygen atoms in total. The average Bonchev–Trinajstić information content (AvgIpc) is 2.73. The van der Waals surface area contributed by atoms with Crippen molar-refractivity contribution in [2.75, 3.05) is 5.73 Å². The molecule has 0 aliphatic rings. The van der Waals surface area contributed by atoms with Crippen LogP contribution in [0.5, 0.6) is 0 Å². The Balaban J connectivity index is 2.24. The fraction of sp³-hybridized carbons (Fsp3) is 0.214. The van der Waals surface area contributed by atoms with Crippen molar-refractivity contribution in [1.82, 2.24) is 18.5 Å². The second kappa shape index (κ2) is 5.25. The van der Waals surface area contributed by atoms with E-state index in [1.807, 2.05) is 37.3 Å². The van der Waals surface area contributed by atoms with Crippen molar-refractivity contribution in [2.24, 2.45) is 0 Å². The molecule has 2 aromatic heterocycles. The second-order valence-electron chi connectivity index (χ2n) is 4.72. The standard InChI is InChI=1S/C14H15N5OS/c1-2-10-16-12(15)11-13(17-10)18(14(20)19(11)21)8-9-6-4-3-5-7-9/h3-7,21H,2,8H2,1H3,(H2,15,16,17). The predicted molar refractivity (Wildman–Crippen MR) is 85.5 cm³/mol. The summed E-state index contributed by atoms with van der Waals surface area (Å²) in [6.07, 6.45) is 0.650. The van der Waals surface area contributed by atoms with Gasteiger partial charge in [-0.05, 0) is 5.56 Å². The molecule has 1 aromatic carbocycles. The molecule has 3 rings (SSSR count). The first-order valence-electron chi connectivity index (χ1n) is 6.62. The van der Waals surface area contributed by atoms with Gasteiger partial charge in [-0.1, -0.05) is 50.1 Å². The molecule has 21 heavy (non-hydrogen) atoms. The third-order valence-electron chi connectivity index (χ3n) is 3.32. The zero-order valence-corrected chi connectivity index (χ0v) is 12.4. The molecule has 2 N–H and O–H groups in total. The highest BCUT2D eigenvalue weighted by Crippen LogP contribution is 2.19. The van der Waals surface area contributed by atoms with Gasteiger partial charge in [-0.15, -0.1) is 0 Å². The summed E-state index contributed by atoms with van der Waals surface area (Å²) < 4.78 is 2.77. The minimum absolute atomic E-state index is 0.272. The number of rotatable bonds is 3. The molecule has 0 aliphatic heterocycles. The van der Waals surface area contributed by atoms with E-state index < -0.39 is 0 Å². The lowest BCUT2D eigenvalue weighted by Gasteiger charge is -2.04. The number of nitrogens with two attached hydrogens (primary N) is 1. The molecule has 0 radical (unpaired) electrons. The third kappa shape index (κ3) is 2.29. The average molecular weight is 301 g/mol. The molecule has 0 fully saturated rings. The number of hydrogen-bond acceptors (Lipinski definition) is 5. The summed E-state index contributed by atoms with van der Waals surface area (Å²) in [5.41, 5.74) is 7.65. The molecular formula is C14H15N5OS. The summed E-state index contributed by atoms with van der Waals surface area (Å²) in [5.74, 6) is 0.886. The second-order valence-corrected chi connectivity index (χ2v) is 5.12. The molecule has 108 valence electrons. The van der Waals surface area contributed by atoms with E-state index in [0.29, 0.717) is 30.0 Å². The quantitative estimate of drug-likeness (QED) is 0.718. The normalized spacial score (nSPS) is 11.1. The lowest BCUT2D eigenvalue weighted by molar-refractivity contribution is 0.768. The van der Waals surface area contributed by atoms with Gasteiger partial charge in [-0.2, -0.15) is 0 Å². The van der Waals surface area contributed by atoms with Crippen molar-refractivity contribution in [1.29, 1.82) is 0 Å². The zero-order chi connectivity index (χ0) is 15.0. The lowest BCUT2D eigenvalue weighted by Crippen LogP contribution is -2.21. The first kappa shape index (κ1) is 13.7. The van der Waals surface area contributed by atoms with Gasteiger partial charge in [-0.25, -0.2) is 18.7 Å². The first-order chi connectivity index (χ1) is 10.1. The van der Waals surface area contributed by atoms with E-state index in [9.17, 15) is 4.79 Å². The van der Waals surface area contributed by atoms with Gasteiger partial charge in [-0.3, -0.25) is 4.57 Å². The van der Waals surface area contributed by atoms with Crippen molar-refractivity contribution in [3.05, 3.63) is 52.2 Å². The molecule has 3 aromatic rings. The lowest BCUT2D eigenvalue weighted by atomic mass is 10.2. The molecule has 0 atom stereocenters. The molecule has 0 amide bonds. The smallest absolute Gasteiger partial charge is 0.340 e. The number of fused-ring (bicyclic) bond motifs is 1. The molecule has 0 saturated carbocycles. The van der Waals surface area contributed by atoms with Gasteiger partial charge in [0, 0.05) is 6.42 Å². The molecule has 7 heteroatoms. The third-order valence-corrected chi connectivity index (χ3v) is 3.69. The molecule has 2 heterocycles. The van der Waals surface area contributed by atoms with Crippen LogP contribution in [0.2, 0.25) is 0 Å². The highest BCUT2D eigenvalue weighted by atomic mass is 32.1. The maximum atomic E-state index is 12.4. The van der Waals surface area contributed by atoms with Gasteiger partial charge in [0.15, 0.2) is 11.5 Å². The topological polar surface area (TPSA) is 78.7 Å². The van der Waals surface area contributed by atoms with Crippen LogP contribution in [0.3, 0.4) is 0 Å². The van der Waals surface area contributed by atoms with Gasteiger partial charge in [0.25, 0.3) is 0 Å². The number of anilines is 1. The van der Waals surface area contributed by atoms with Crippen LogP contribution in [-0.2, 0) is 13.0 Å². The number of benzene rings is 1. The molecule has 0 saturated heterocycles. The maximum absolute atomic E-state index is 12.4. The molecule has 0 aliphatic carbocycles. The summed E-state index contributed by atoms with van der Waals surface area (Å²) in [5, 5.41) is 0. The van der Waals surface area contributed by atoms with Crippen molar-refractivity contribution >= 4 is 29.8 Å². The summed E-state index contributed by atoms with van der Waals surface area (Å²) in [6, 6.07) is 9.71. The molecule has 0 spiro atoms. The fourth-order valence-electron chi connectivity index (χ4n) is 2.27. The van der Waals surface area contributed by atoms with E-state index >= 15 is 0 Å². The Hall–Kier alpha value is -2.28. The van der Waals surface area contributed by atoms with E-state index in [-0.39, 0.29) is 11.5 Å². The summed E-state index contributed by atoms with van der Waals surface area (Å²) >= 11 is 4.21. The first-order valence-corrected chi connectivity index (χ1v) is 7.02. The summed E-state index contributed by atoms with van der Waals surface area (Å²) in [7, 11) is 0. The highest BCUT2D eigenvalue weighted by molar-refractivity contribution is 7.78. The van der Waals surface area contributed by atoms with E-state index in [4.69, 9.17) is 5.73 Å². The Morgan fingerprint density at radius 3 is 2.62 bits per heavy atom. The molecular weight excluding hydrogens is 286 g/mol. The van der Waals surface area contributed by atoms with Gasteiger partial charge in [0.05, 0.1) is 6.54 Å². The number of imidazole rings is 1. The van der Waals surface area contributed by atoms with Gasteiger partial charge < -0.3 is 5.73 Å². The van der Waals surface area contributed by atoms with Gasteiger partial charge in [0.2, 0.25) is 0 Å². The van der Waals surface area contributed by atoms with Crippen molar-refractivity contribution < 1.29 is 0 Å². The number of nitrogens with zero attached hydrogens (tertiary/aromatic N) is 4. The predicted octanol–water partition coefficient (Wildman–Crippen LogP) is 1.48. The van der Waals surface area contributed by atoms with Crippen molar-refractivity contribution in [2.45, 2.75) is 19.9 Å². The molecule has 0 bridgehead atoms. The van der Waals surface area contributed by atoms with E-state index in [1.54, 1.807) is 4.57 Å². The number of hydrogen-bond donors (Lipinski definition) is 2. The van der Waals surface area contributed by atoms with Crippen molar-refractivity contribution in [3.63, 3.8) is 0 Å². The van der Waals surface area contributed by atoms with E-state index in [2.05, 4.69) is 22.8 Å². The maximum Gasteiger partial charge on any atom is 0.340 e. The monoisotopic (exact) mass is 301 g/mol. The number of aryl methyl sites for hydroxylation is 1. The number of aromatic nitrogens is 4. The van der Waals surface area contributed by atoms with Crippen LogP contribution >= 0.6 is 12.8 Å². The summed E-state index contributed by atoms with van der Waals surface area (Å²) in [6.45, 7) is 2.36. The van der Waals surface area contributed by atoms with E-state index in [1.165, 1.54) is 3.97 Å². The van der Waals surface area contributed by atoms with Crippen LogP contribution in [0.4, 0.5) is 5.82 Å². The van der Waals surface area contributed by atoms with Crippen LogP contribution in [0.25, 0.3) is 11.2 Å². The van der Waals surface area contributed by atoms with Gasteiger partial charge >= 0.3 is 5.69 Å². The Kier molecular flexibility index (Phi) is 3.42. The molecule has 0 unspecified atom stereocenters. The SMILES string of the molecule is CCc1nc(N)c2c(n1)n(Cc1ccccc1)c(=O)n2S. The Morgan fingerprint density at radius 2 is 1.95 bits per heavy atom. The van der Waals surface area contributed by atoms with Crippen LogP contribution < -0.4 is 11.4 Å². The highest BCUT2D eigenvalue weighted by Gasteiger charge is 2.17. The minimum Gasteiger partial charge on any atom is -0.382 e. The van der Waals surface area contributed by atoms with Crippen LogP contribution in [0, 0.1) is 0 Å². The van der Waals surface area contributed by atoms with Crippen LogP contribution in [-0.4, -0.2) is 18.5 Å². The van der Waals surface area contributed by atoms with Gasteiger partial charge in [0.1, 0.15) is 11.3 Å². The van der Waals surface area contributed by atoms with Crippen LogP contribution in [0.1, 0.15) is 18.3 Å².